The summed E-state index contributed by atoms with van der Waals surface area (Å²) in [6, 6.07) is 12.4. The average molecular weight is 334 g/mol. The van der Waals surface area contributed by atoms with Gasteiger partial charge in [0.2, 0.25) is 5.91 Å². The van der Waals surface area contributed by atoms with Crippen molar-refractivity contribution in [1.82, 2.24) is 9.88 Å². The van der Waals surface area contributed by atoms with Gasteiger partial charge in [-0.2, -0.15) is 0 Å². The zero-order valence-corrected chi connectivity index (χ0v) is 14.3. The molecule has 5 rings (SSSR count). The van der Waals surface area contributed by atoms with Crippen molar-refractivity contribution in [3.05, 3.63) is 65.5 Å². The van der Waals surface area contributed by atoms with Crippen LogP contribution in [0.25, 0.3) is 0 Å². The van der Waals surface area contributed by atoms with E-state index in [1.807, 2.05) is 17.2 Å². The highest BCUT2D eigenvalue weighted by Crippen LogP contribution is 2.48. The molecule has 4 nitrogen and oxygen atoms in total. The van der Waals surface area contributed by atoms with Gasteiger partial charge in [0.15, 0.2) is 0 Å². The monoisotopic (exact) mass is 334 g/mol. The molecule has 1 aromatic heterocycles. The molecule has 0 bridgehead atoms. The zero-order chi connectivity index (χ0) is 16.9. The lowest BCUT2D eigenvalue weighted by Gasteiger charge is -2.43. The van der Waals surface area contributed by atoms with Crippen LogP contribution in [0.1, 0.15) is 42.4 Å². The molecule has 4 heteroatoms. The summed E-state index contributed by atoms with van der Waals surface area (Å²) in [5.41, 5.74) is 2.95. The minimum Gasteiger partial charge on any atom is -0.364 e. The van der Waals surface area contributed by atoms with Gasteiger partial charge >= 0.3 is 0 Å². The Hall–Kier alpha value is -2.20. The van der Waals surface area contributed by atoms with Gasteiger partial charge in [0.25, 0.3) is 0 Å². The summed E-state index contributed by atoms with van der Waals surface area (Å²) in [7, 11) is 0. The maximum atomic E-state index is 13.4. The summed E-state index contributed by atoms with van der Waals surface area (Å²) >= 11 is 0. The molecule has 3 aliphatic rings. The number of carbonyl (C=O) groups is 1. The molecule has 1 aliphatic carbocycles. The number of rotatable bonds is 2. The molecule has 1 unspecified atom stereocenters. The lowest BCUT2D eigenvalue weighted by atomic mass is 9.64. The molecule has 1 atom stereocenters. The van der Waals surface area contributed by atoms with Crippen molar-refractivity contribution in [2.75, 3.05) is 13.1 Å². The zero-order valence-electron chi connectivity index (χ0n) is 14.3. The van der Waals surface area contributed by atoms with Crippen LogP contribution in [0.2, 0.25) is 0 Å². The minimum atomic E-state index is -0.363. The molecule has 1 spiro atoms. The number of aromatic nitrogens is 1. The topological polar surface area (TPSA) is 42.4 Å². The van der Waals surface area contributed by atoms with Gasteiger partial charge in [0, 0.05) is 18.9 Å². The van der Waals surface area contributed by atoms with Crippen LogP contribution in [0.15, 0.2) is 48.8 Å². The fourth-order valence-electron chi connectivity index (χ4n) is 4.78. The average Bonchev–Trinajstić information content (AvgIpc) is 3.21. The molecule has 1 saturated heterocycles. The van der Waals surface area contributed by atoms with Gasteiger partial charge in [-0.1, -0.05) is 36.8 Å². The Morgan fingerprint density at radius 3 is 2.76 bits per heavy atom. The lowest BCUT2D eigenvalue weighted by Crippen LogP contribution is -2.51. The Balaban J connectivity index is 1.43. The van der Waals surface area contributed by atoms with E-state index in [0.717, 1.165) is 37.8 Å². The maximum absolute atomic E-state index is 13.4. The third-order valence-corrected chi connectivity index (χ3v) is 6.36. The molecule has 1 aromatic carbocycles. The predicted octanol–water partition coefficient (Wildman–Crippen LogP) is 3.16. The van der Waals surface area contributed by atoms with Crippen LogP contribution >= 0.6 is 0 Å². The largest absolute Gasteiger partial charge is 0.364 e. The Morgan fingerprint density at radius 1 is 1.12 bits per heavy atom. The number of likely N-dealkylation sites (tertiary alicyclic amines) is 1. The fraction of sp³-hybridized carbons (Fsp3) is 0.429. The smallest absolute Gasteiger partial charge is 0.233 e. The van der Waals surface area contributed by atoms with E-state index in [9.17, 15) is 4.79 Å². The first-order chi connectivity index (χ1) is 12.2. The van der Waals surface area contributed by atoms with Crippen LogP contribution in [0.5, 0.6) is 0 Å². The molecule has 3 heterocycles. The number of hydrogen-bond donors (Lipinski definition) is 0. The van der Waals surface area contributed by atoms with Crippen molar-refractivity contribution in [2.45, 2.75) is 43.3 Å². The third kappa shape index (κ3) is 2.10. The molecule has 1 saturated carbocycles. The van der Waals surface area contributed by atoms with E-state index in [1.165, 1.54) is 11.1 Å². The van der Waals surface area contributed by atoms with Gasteiger partial charge in [-0.15, -0.1) is 0 Å². The van der Waals surface area contributed by atoms with E-state index in [1.54, 1.807) is 6.20 Å². The number of amides is 1. The normalized spacial score (nSPS) is 26.5. The van der Waals surface area contributed by atoms with E-state index in [-0.39, 0.29) is 16.9 Å². The quantitative estimate of drug-likeness (QED) is 0.847. The van der Waals surface area contributed by atoms with Gasteiger partial charge in [-0.3, -0.25) is 9.78 Å². The van der Waals surface area contributed by atoms with Crippen LogP contribution in [0.4, 0.5) is 0 Å². The summed E-state index contributed by atoms with van der Waals surface area (Å²) in [6.45, 7) is 2.10. The first-order valence-electron chi connectivity index (χ1n) is 9.16. The highest BCUT2D eigenvalue weighted by atomic mass is 16.5. The first-order valence-corrected chi connectivity index (χ1v) is 9.16. The molecule has 2 aliphatic heterocycles. The fourth-order valence-corrected chi connectivity index (χ4v) is 4.78. The molecule has 2 fully saturated rings. The second-order valence-corrected chi connectivity index (χ2v) is 7.59. The number of ether oxygens (including phenoxy) is 1. The summed E-state index contributed by atoms with van der Waals surface area (Å²) in [6.07, 6.45) is 7.49. The van der Waals surface area contributed by atoms with E-state index in [4.69, 9.17) is 4.74 Å². The molecule has 0 radical (unpaired) electrons. The maximum Gasteiger partial charge on any atom is 0.233 e. The minimum absolute atomic E-state index is 0.261. The second kappa shape index (κ2) is 5.40. The number of nitrogens with zero attached hydrogens (tertiary/aromatic N) is 2. The van der Waals surface area contributed by atoms with Crippen molar-refractivity contribution in [3.63, 3.8) is 0 Å². The molecule has 128 valence electrons. The second-order valence-electron chi connectivity index (χ2n) is 7.59. The van der Waals surface area contributed by atoms with E-state index >= 15 is 0 Å². The van der Waals surface area contributed by atoms with Crippen LogP contribution in [0, 0.1) is 0 Å². The number of carbonyl (C=O) groups excluding carboxylic acids is 1. The Labute approximate surface area is 147 Å². The Morgan fingerprint density at radius 2 is 2.00 bits per heavy atom. The molecular formula is C21H22N2O2. The Bertz CT molecular complexity index is 816. The van der Waals surface area contributed by atoms with Crippen molar-refractivity contribution in [2.24, 2.45) is 0 Å². The van der Waals surface area contributed by atoms with Gasteiger partial charge in [0.1, 0.15) is 5.60 Å². The highest BCUT2D eigenvalue weighted by molar-refractivity contribution is 5.89. The van der Waals surface area contributed by atoms with Crippen molar-refractivity contribution in [3.8, 4) is 0 Å². The number of pyridine rings is 1. The van der Waals surface area contributed by atoms with Gasteiger partial charge in [-0.25, -0.2) is 0 Å². The van der Waals surface area contributed by atoms with Crippen molar-refractivity contribution < 1.29 is 9.53 Å². The molecule has 2 aromatic rings. The standard InChI is InChI=1S/C21H22N2O2/c24-19(20(8-4-9-20)17-6-3-11-22-13-17)23-12-10-21(15-23)18-7-2-1-5-16(18)14-25-21/h1-3,5-7,11,13H,4,8-10,12,14-15H2. The van der Waals surface area contributed by atoms with Gasteiger partial charge in [0.05, 0.1) is 18.6 Å². The van der Waals surface area contributed by atoms with Gasteiger partial charge < -0.3 is 9.64 Å². The van der Waals surface area contributed by atoms with E-state index < -0.39 is 0 Å². The molecular weight excluding hydrogens is 312 g/mol. The van der Waals surface area contributed by atoms with Crippen LogP contribution < -0.4 is 0 Å². The van der Waals surface area contributed by atoms with Crippen molar-refractivity contribution >= 4 is 5.91 Å². The number of fused-ring (bicyclic) bond motifs is 2. The summed E-state index contributed by atoms with van der Waals surface area (Å²) in [5.74, 6) is 0.261. The van der Waals surface area contributed by atoms with Crippen LogP contribution in [-0.4, -0.2) is 28.9 Å². The predicted molar refractivity (Wildman–Crippen MR) is 93.9 cm³/mol. The summed E-state index contributed by atoms with van der Waals surface area (Å²) in [5, 5.41) is 0. The summed E-state index contributed by atoms with van der Waals surface area (Å²) in [4.78, 5) is 19.7. The van der Waals surface area contributed by atoms with E-state index in [2.05, 4.69) is 35.3 Å². The molecule has 0 N–H and O–H groups in total. The number of benzene rings is 1. The van der Waals surface area contributed by atoms with Crippen LogP contribution in [0.3, 0.4) is 0 Å². The lowest BCUT2D eigenvalue weighted by molar-refractivity contribution is -0.141. The Kier molecular flexibility index (Phi) is 3.26. The SMILES string of the molecule is O=C(N1CCC2(C1)OCc1ccccc12)C1(c2cccnc2)CCC1. The molecule has 1 amide bonds. The van der Waals surface area contributed by atoms with Crippen molar-refractivity contribution in [1.29, 1.82) is 0 Å². The summed E-state index contributed by atoms with van der Waals surface area (Å²) < 4.78 is 6.22. The van der Waals surface area contributed by atoms with Gasteiger partial charge in [-0.05, 0) is 42.0 Å². The first kappa shape index (κ1) is 15.1. The van der Waals surface area contributed by atoms with E-state index in [0.29, 0.717) is 13.2 Å². The number of hydrogen-bond acceptors (Lipinski definition) is 3. The molecule has 25 heavy (non-hydrogen) atoms. The third-order valence-electron chi connectivity index (χ3n) is 6.36. The van der Waals surface area contributed by atoms with Crippen LogP contribution in [-0.2, 0) is 27.2 Å². The highest BCUT2D eigenvalue weighted by Gasteiger charge is 2.53.